The highest BCUT2D eigenvalue weighted by Crippen LogP contribution is 2.39. The van der Waals surface area contributed by atoms with Crippen molar-refractivity contribution >= 4 is 9.84 Å². The Morgan fingerprint density at radius 3 is 2.24 bits per heavy atom. The average molecular weight is 411 g/mol. The minimum Gasteiger partial charge on any atom is -0.228 e. The van der Waals surface area contributed by atoms with Crippen LogP contribution >= 0.6 is 0 Å². The van der Waals surface area contributed by atoms with Crippen molar-refractivity contribution in [2.75, 3.05) is 5.75 Å². The van der Waals surface area contributed by atoms with Crippen LogP contribution in [0.1, 0.15) is 69.6 Å². The van der Waals surface area contributed by atoms with Gasteiger partial charge in [0.1, 0.15) is 0 Å². The monoisotopic (exact) mass is 410 g/mol. The van der Waals surface area contributed by atoms with Crippen LogP contribution in [-0.2, 0) is 22.7 Å². The van der Waals surface area contributed by atoms with E-state index in [9.17, 15) is 8.42 Å². The van der Waals surface area contributed by atoms with Gasteiger partial charge in [-0.1, -0.05) is 55.3 Å². The lowest BCUT2D eigenvalue weighted by molar-refractivity contribution is 0.278. The maximum atomic E-state index is 12.5. The van der Waals surface area contributed by atoms with Gasteiger partial charge >= 0.3 is 0 Å². The first-order chi connectivity index (χ1) is 13.7. The molecule has 0 aliphatic heterocycles. The second kappa shape index (κ2) is 7.91. The van der Waals surface area contributed by atoms with Crippen molar-refractivity contribution < 1.29 is 8.42 Å². The topological polar surface area (TPSA) is 34.1 Å². The molecule has 2 aromatic rings. The Hall–Kier alpha value is -1.61. The molecule has 0 aromatic heterocycles. The molecule has 2 aromatic carbocycles. The average Bonchev–Trinajstić information content (AvgIpc) is 3.06. The Bertz CT molecular complexity index is 974. The molecule has 1 saturated carbocycles. The molecule has 0 radical (unpaired) electrons. The second-order valence-electron chi connectivity index (χ2n) is 10.1. The number of hydrogen-bond acceptors (Lipinski definition) is 2. The lowest BCUT2D eigenvalue weighted by Gasteiger charge is -2.30. The van der Waals surface area contributed by atoms with E-state index in [1.54, 1.807) is 0 Å². The van der Waals surface area contributed by atoms with E-state index in [1.807, 2.05) is 20.8 Å². The molecule has 2 nitrogen and oxygen atoms in total. The predicted molar refractivity (Wildman–Crippen MR) is 122 cm³/mol. The maximum absolute atomic E-state index is 12.5. The molecule has 0 amide bonds. The molecule has 4 rings (SSSR count). The van der Waals surface area contributed by atoms with Crippen molar-refractivity contribution in [1.82, 2.24) is 0 Å². The SMILES string of the molecule is CC(C)(C)S(=O)(=O)CC1CCC(CCc2cccc3c2Cc2ccccc2-3)CC1. The van der Waals surface area contributed by atoms with Gasteiger partial charge in [-0.3, -0.25) is 0 Å². The molecule has 2 aliphatic carbocycles. The number of hydrogen-bond donors (Lipinski definition) is 0. The molecule has 0 N–H and O–H groups in total. The molecular formula is C26H34O2S. The van der Waals surface area contributed by atoms with Crippen molar-refractivity contribution in [2.45, 2.75) is 70.5 Å². The molecule has 0 saturated heterocycles. The van der Waals surface area contributed by atoms with Crippen molar-refractivity contribution in [3.8, 4) is 11.1 Å². The summed E-state index contributed by atoms with van der Waals surface area (Å²) in [5, 5.41) is 0. The van der Waals surface area contributed by atoms with Gasteiger partial charge in [0, 0.05) is 0 Å². The molecule has 0 atom stereocenters. The summed E-state index contributed by atoms with van der Waals surface area (Å²) >= 11 is 0. The normalized spacial score (nSPS) is 21.6. The fourth-order valence-electron chi connectivity index (χ4n) is 5.06. The summed E-state index contributed by atoms with van der Waals surface area (Å²) in [5.41, 5.74) is 7.32. The lowest BCUT2D eigenvalue weighted by atomic mass is 9.80. The van der Waals surface area contributed by atoms with Gasteiger partial charge in [0.2, 0.25) is 0 Å². The summed E-state index contributed by atoms with van der Waals surface area (Å²) in [5.74, 6) is 1.46. The van der Waals surface area contributed by atoms with Gasteiger partial charge in [-0.25, -0.2) is 8.42 Å². The zero-order chi connectivity index (χ0) is 20.6. The second-order valence-corrected chi connectivity index (χ2v) is 12.9. The molecule has 0 bridgehead atoms. The van der Waals surface area contributed by atoms with Crippen molar-refractivity contribution in [3.05, 3.63) is 59.2 Å². The molecule has 29 heavy (non-hydrogen) atoms. The van der Waals surface area contributed by atoms with Crippen LogP contribution in [0, 0.1) is 11.8 Å². The summed E-state index contributed by atoms with van der Waals surface area (Å²) in [6.07, 6.45) is 7.94. The van der Waals surface area contributed by atoms with Gasteiger partial charge in [0.05, 0.1) is 10.5 Å². The summed E-state index contributed by atoms with van der Waals surface area (Å²) in [7, 11) is -3.00. The van der Waals surface area contributed by atoms with Gasteiger partial charge < -0.3 is 0 Å². The summed E-state index contributed by atoms with van der Waals surface area (Å²) in [4.78, 5) is 0. The van der Waals surface area contributed by atoms with Crippen LogP contribution < -0.4 is 0 Å². The first-order valence-electron chi connectivity index (χ1n) is 11.2. The van der Waals surface area contributed by atoms with Gasteiger partial charge in [-0.2, -0.15) is 0 Å². The lowest BCUT2D eigenvalue weighted by Crippen LogP contribution is -2.34. The first-order valence-corrected chi connectivity index (χ1v) is 12.8. The molecule has 3 heteroatoms. The Morgan fingerprint density at radius 1 is 0.862 bits per heavy atom. The van der Waals surface area contributed by atoms with Gasteiger partial charge in [-0.05, 0) is 92.5 Å². The minimum absolute atomic E-state index is 0.353. The van der Waals surface area contributed by atoms with Crippen LogP contribution in [0.2, 0.25) is 0 Å². The minimum atomic E-state index is -3.00. The number of benzene rings is 2. The summed E-state index contributed by atoms with van der Waals surface area (Å²) in [6.45, 7) is 5.47. The van der Waals surface area contributed by atoms with E-state index in [2.05, 4.69) is 42.5 Å². The highest BCUT2D eigenvalue weighted by atomic mass is 32.2. The molecule has 0 spiro atoms. The summed E-state index contributed by atoms with van der Waals surface area (Å²) < 4.78 is 24.4. The number of aryl methyl sites for hydroxylation is 1. The molecule has 0 unspecified atom stereocenters. The third-order valence-corrected chi connectivity index (χ3v) is 9.90. The third-order valence-electron chi connectivity index (χ3n) is 7.12. The smallest absolute Gasteiger partial charge is 0.155 e. The van der Waals surface area contributed by atoms with E-state index in [0.29, 0.717) is 11.7 Å². The van der Waals surface area contributed by atoms with Crippen molar-refractivity contribution in [2.24, 2.45) is 11.8 Å². The Morgan fingerprint density at radius 2 is 1.52 bits per heavy atom. The molecule has 1 fully saturated rings. The summed E-state index contributed by atoms with van der Waals surface area (Å²) in [6, 6.07) is 15.6. The van der Waals surface area contributed by atoms with E-state index in [-0.39, 0.29) is 0 Å². The number of fused-ring (bicyclic) bond motifs is 3. The standard InChI is InChI=1S/C26H34O2S/c1-26(2,3)29(27,28)18-20-13-11-19(12-14-20)15-16-21-8-6-10-24-23-9-5-4-7-22(23)17-25(21)24/h4-10,19-20H,11-18H2,1-3H3. The quantitative estimate of drug-likeness (QED) is 0.501. The van der Waals surface area contributed by atoms with E-state index < -0.39 is 14.6 Å². The van der Waals surface area contributed by atoms with Crippen LogP contribution in [-0.4, -0.2) is 18.9 Å². The van der Waals surface area contributed by atoms with Crippen LogP contribution in [0.15, 0.2) is 42.5 Å². The largest absolute Gasteiger partial charge is 0.228 e. The van der Waals surface area contributed by atoms with E-state index in [0.717, 1.165) is 31.6 Å². The van der Waals surface area contributed by atoms with Crippen molar-refractivity contribution in [1.29, 1.82) is 0 Å². The van der Waals surface area contributed by atoms with Gasteiger partial charge in [0.15, 0.2) is 9.84 Å². The Labute approximate surface area is 176 Å². The zero-order valence-electron chi connectivity index (χ0n) is 18.1. The Kier molecular flexibility index (Phi) is 5.63. The van der Waals surface area contributed by atoms with Gasteiger partial charge in [0.25, 0.3) is 0 Å². The highest BCUT2D eigenvalue weighted by molar-refractivity contribution is 7.92. The predicted octanol–water partition coefficient (Wildman–Crippen LogP) is 6.21. The number of rotatable bonds is 5. The van der Waals surface area contributed by atoms with Crippen molar-refractivity contribution in [3.63, 3.8) is 0 Å². The molecular weight excluding hydrogens is 376 g/mol. The van der Waals surface area contributed by atoms with E-state index in [4.69, 9.17) is 0 Å². The first kappa shape index (κ1) is 20.7. The fraction of sp³-hybridized carbons (Fsp3) is 0.538. The third kappa shape index (κ3) is 4.30. The molecule has 156 valence electrons. The highest BCUT2D eigenvalue weighted by Gasteiger charge is 2.33. The molecule has 2 aliphatic rings. The van der Waals surface area contributed by atoms with Crippen LogP contribution in [0.5, 0.6) is 0 Å². The maximum Gasteiger partial charge on any atom is 0.155 e. The van der Waals surface area contributed by atoms with Crippen LogP contribution in [0.25, 0.3) is 11.1 Å². The van der Waals surface area contributed by atoms with Crippen LogP contribution in [0.4, 0.5) is 0 Å². The van der Waals surface area contributed by atoms with Gasteiger partial charge in [-0.15, -0.1) is 0 Å². The van der Waals surface area contributed by atoms with E-state index in [1.165, 1.54) is 47.1 Å². The zero-order valence-corrected chi connectivity index (χ0v) is 18.9. The number of sulfone groups is 1. The fourth-order valence-corrected chi connectivity index (χ4v) is 6.52. The van der Waals surface area contributed by atoms with Crippen LogP contribution in [0.3, 0.4) is 0 Å². The molecule has 0 heterocycles. The van der Waals surface area contributed by atoms with E-state index >= 15 is 0 Å². The Balaban J connectivity index is 1.33.